The molecule has 0 saturated heterocycles. The predicted molar refractivity (Wildman–Crippen MR) is 73.2 cm³/mol. The summed E-state index contributed by atoms with van der Waals surface area (Å²) in [6, 6.07) is 4.21. The number of aromatic nitrogens is 3. The van der Waals surface area contributed by atoms with E-state index in [1.807, 2.05) is 0 Å². The minimum absolute atomic E-state index is 0.123. The number of carboxylic acid groups (broad SMARTS) is 1. The van der Waals surface area contributed by atoms with Crippen molar-refractivity contribution in [2.75, 3.05) is 7.11 Å². The van der Waals surface area contributed by atoms with E-state index in [1.165, 1.54) is 43.9 Å². The van der Waals surface area contributed by atoms with Gasteiger partial charge >= 0.3 is 11.9 Å². The van der Waals surface area contributed by atoms with Gasteiger partial charge in [0.25, 0.3) is 0 Å². The monoisotopic (exact) mass is 337 g/mol. The number of aromatic carboxylic acids is 1. The molecule has 0 fully saturated rings. The Morgan fingerprint density at radius 3 is 1.83 bits per heavy atom. The highest BCUT2D eigenvalue weighted by Gasteiger charge is 2.07. The van der Waals surface area contributed by atoms with Gasteiger partial charge in [0.1, 0.15) is 0 Å². The third-order valence-corrected chi connectivity index (χ3v) is 2.05. The van der Waals surface area contributed by atoms with Crippen LogP contribution in [0.4, 0.5) is 0 Å². The summed E-state index contributed by atoms with van der Waals surface area (Å²) < 4.78 is 17.4. The lowest BCUT2D eigenvalue weighted by Crippen LogP contribution is -1.97. The van der Waals surface area contributed by atoms with Crippen LogP contribution in [0.5, 0.6) is 0 Å². The molecule has 0 aromatic carbocycles. The van der Waals surface area contributed by atoms with Crippen LogP contribution in [0.2, 0.25) is 0 Å². The van der Waals surface area contributed by atoms with Gasteiger partial charge in [-0.2, -0.15) is 0 Å². The van der Waals surface area contributed by atoms with Crippen molar-refractivity contribution in [1.82, 2.24) is 15.5 Å². The maximum atomic E-state index is 10.5. The van der Waals surface area contributed by atoms with Gasteiger partial charge in [0.05, 0.1) is 25.7 Å². The molecule has 0 aliphatic rings. The summed E-state index contributed by atoms with van der Waals surface area (Å²) in [5.74, 6) is -1.35. The normalized spacial score (nSPS) is 8.88. The lowest BCUT2D eigenvalue weighted by molar-refractivity contribution is 0.0553. The van der Waals surface area contributed by atoms with Gasteiger partial charge in [0.15, 0.2) is 12.0 Å². The van der Waals surface area contributed by atoms with Crippen LogP contribution >= 0.6 is 0 Å². The Hall–Kier alpha value is -3.76. The summed E-state index contributed by atoms with van der Waals surface area (Å²) in [7, 11) is 1.28. The first-order chi connectivity index (χ1) is 11.6. The molecular formula is C13H11N3O8. The van der Waals surface area contributed by atoms with Crippen LogP contribution in [-0.2, 0) is 4.74 Å². The van der Waals surface area contributed by atoms with E-state index in [0.717, 1.165) is 0 Å². The first kappa shape index (κ1) is 18.3. The highest BCUT2D eigenvalue weighted by atomic mass is 16.5. The molecule has 0 unspecified atom stereocenters. The molecule has 11 nitrogen and oxygen atoms in total. The maximum absolute atomic E-state index is 10.5. The quantitative estimate of drug-likeness (QED) is 0.542. The van der Waals surface area contributed by atoms with Crippen molar-refractivity contribution in [3.05, 3.63) is 54.1 Å². The molecule has 3 aromatic rings. The number of ether oxygens (including phenoxy) is 1. The van der Waals surface area contributed by atoms with Crippen LogP contribution in [-0.4, -0.2) is 45.9 Å². The minimum atomic E-state index is -1.09. The standard InChI is InChI=1S/C5H5NO3.C4H3NO3.C4H3NO2/c1-8-5(7)4-2-3-6-9-4;6-4(7)3-1-2-5-8-3;6-3-4-1-2-5-7-4/h2-3H,1H3;1-2H,(H,6,7);1-3H. The number of rotatable bonds is 3. The van der Waals surface area contributed by atoms with E-state index >= 15 is 0 Å². The lowest BCUT2D eigenvalue weighted by atomic mass is 10.5. The Bertz CT molecular complexity index is 719. The fourth-order valence-corrected chi connectivity index (χ4v) is 1.03. The van der Waals surface area contributed by atoms with E-state index in [1.54, 1.807) is 0 Å². The predicted octanol–water partition coefficient (Wildman–Crippen LogP) is 1.32. The van der Waals surface area contributed by atoms with Crippen molar-refractivity contribution < 1.29 is 37.8 Å². The zero-order valence-electron chi connectivity index (χ0n) is 12.2. The molecule has 0 aliphatic heterocycles. The van der Waals surface area contributed by atoms with E-state index in [9.17, 15) is 14.4 Å². The van der Waals surface area contributed by atoms with Crippen LogP contribution in [0.1, 0.15) is 31.7 Å². The van der Waals surface area contributed by atoms with E-state index in [4.69, 9.17) is 5.11 Å². The number of aldehydes is 1. The minimum Gasteiger partial charge on any atom is -0.475 e. The second-order valence-corrected chi connectivity index (χ2v) is 3.58. The van der Waals surface area contributed by atoms with E-state index in [0.29, 0.717) is 6.29 Å². The number of carbonyl (C=O) groups is 3. The molecule has 11 heteroatoms. The van der Waals surface area contributed by atoms with Crippen LogP contribution in [0.25, 0.3) is 0 Å². The third kappa shape index (κ3) is 6.34. The summed E-state index contributed by atoms with van der Waals surface area (Å²) >= 11 is 0. The Kier molecular flexibility index (Phi) is 7.66. The number of hydrogen-bond donors (Lipinski definition) is 1. The molecule has 0 atom stereocenters. The largest absolute Gasteiger partial charge is 0.475 e. The van der Waals surface area contributed by atoms with E-state index in [-0.39, 0.29) is 17.3 Å². The lowest BCUT2D eigenvalue weighted by Gasteiger charge is -1.88. The molecular weight excluding hydrogens is 326 g/mol. The number of nitrogens with zero attached hydrogens (tertiary/aromatic N) is 3. The summed E-state index contributed by atoms with van der Waals surface area (Å²) in [6.45, 7) is 0. The average molecular weight is 337 g/mol. The highest BCUT2D eigenvalue weighted by molar-refractivity contribution is 5.85. The van der Waals surface area contributed by atoms with Gasteiger partial charge in [0.2, 0.25) is 11.5 Å². The van der Waals surface area contributed by atoms with Gasteiger partial charge in [-0.15, -0.1) is 0 Å². The second kappa shape index (κ2) is 10.0. The van der Waals surface area contributed by atoms with Gasteiger partial charge < -0.3 is 23.4 Å². The first-order valence-corrected chi connectivity index (χ1v) is 6.07. The molecule has 126 valence electrons. The van der Waals surface area contributed by atoms with Gasteiger partial charge in [-0.3, -0.25) is 4.79 Å². The smallest absolute Gasteiger partial charge is 0.376 e. The molecule has 24 heavy (non-hydrogen) atoms. The number of carbonyl (C=O) groups excluding carboxylic acids is 2. The molecule has 3 heterocycles. The Morgan fingerprint density at radius 2 is 1.54 bits per heavy atom. The second-order valence-electron chi connectivity index (χ2n) is 3.58. The zero-order chi connectivity index (χ0) is 17.8. The zero-order valence-corrected chi connectivity index (χ0v) is 12.2. The van der Waals surface area contributed by atoms with Gasteiger partial charge in [-0.25, -0.2) is 9.59 Å². The van der Waals surface area contributed by atoms with Crippen molar-refractivity contribution >= 4 is 18.2 Å². The molecule has 0 spiro atoms. The SMILES string of the molecule is COC(=O)c1ccno1.O=C(O)c1ccno1.O=Cc1ccno1. The van der Waals surface area contributed by atoms with Crippen molar-refractivity contribution in [3.8, 4) is 0 Å². The average Bonchev–Trinajstić information content (AvgIpc) is 3.38. The molecule has 0 bridgehead atoms. The maximum Gasteiger partial charge on any atom is 0.376 e. The van der Waals surface area contributed by atoms with Crippen LogP contribution in [0, 0.1) is 0 Å². The van der Waals surface area contributed by atoms with Gasteiger partial charge in [-0.05, 0) is 0 Å². The summed E-state index contributed by atoms with van der Waals surface area (Å²) in [5, 5.41) is 17.9. The van der Waals surface area contributed by atoms with E-state index in [2.05, 4.69) is 33.8 Å². The molecule has 0 aliphatic carbocycles. The summed E-state index contributed by atoms with van der Waals surface area (Å²) in [6.07, 6.45) is 4.69. The number of hydrogen-bond acceptors (Lipinski definition) is 10. The molecule has 1 N–H and O–H groups in total. The summed E-state index contributed by atoms with van der Waals surface area (Å²) in [5.41, 5.74) is 0. The Labute approximate surface area is 133 Å². The summed E-state index contributed by atoms with van der Waals surface area (Å²) in [4.78, 5) is 30.2. The molecule has 3 aromatic heterocycles. The Balaban J connectivity index is 0.000000181. The van der Waals surface area contributed by atoms with E-state index < -0.39 is 11.9 Å². The number of esters is 1. The van der Waals surface area contributed by atoms with Crippen LogP contribution in [0.15, 0.2) is 50.4 Å². The number of methoxy groups -OCH3 is 1. The first-order valence-electron chi connectivity index (χ1n) is 6.07. The molecule has 0 saturated carbocycles. The fraction of sp³-hybridized carbons (Fsp3) is 0.0769. The number of carboxylic acids is 1. The van der Waals surface area contributed by atoms with Crippen molar-refractivity contribution in [1.29, 1.82) is 0 Å². The van der Waals surface area contributed by atoms with Crippen molar-refractivity contribution in [3.63, 3.8) is 0 Å². The topological polar surface area (TPSA) is 159 Å². The van der Waals surface area contributed by atoms with Gasteiger partial charge in [-0.1, -0.05) is 15.5 Å². The van der Waals surface area contributed by atoms with Gasteiger partial charge in [0, 0.05) is 18.2 Å². The highest BCUT2D eigenvalue weighted by Crippen LogP contribution is 1.97. The molecule has 0 amide bonds. The van der Waals surface area contributed by atoms with Crippen LogP contribution in [0.3, 0.4) is 0 Å². The van der Waals surface area contributed by atoms with Crippen LogP contribution < -0.4 is 0 Å². The molecule has 3 rings (SSSR count). The fourth-order valence-electron chi connectivity index (χ4n) is 1.03. The Morgan fingerprint density at radius 1 is 1.00 bits per heavy atom. The van der Waals surface area contributed by atoms with Crippen molar-refractivity contribution in [2.24, 2.45) is 0 Å². The van der Waals surface area contributed by atoms with Crippen molar-refractivity contribution in [2.45, 2.75) is 0 Å². The third-order valence-electron chi connectivity index (χ3n) is 2.05. The molecule has 0 radical (unpaired) electrons.